The third kappa shape index (κ3) is 10.2. The number of nitrogens with one attached hydrogen (secondary N) is 4. The van der Waals surface area contributed by atoms with Crippen molar-refractivity contribution in [1.82, 2.24) is 25.9 Å². The van der Waals surface area contributed by atoms with Gasteiger partial charge in [0.05, 0.1) is 18.8 Å². The number of imidazole rings is 1. The predicted octanol–water partition coefficient (Wildman–Crippen LogP) is -2.65. The molecule has 0 fully saturated rings. The summed E-state index contributed by atoms with van der Waals surface area (Å²) >= 11 is 4.02. The largest absolute Gasteiger partial charge is 0.481 e. The molecule has 1 aromatic heterocycles. The van der Waals surface area contributed by atoms with E-state index in [1.165, 1.54) is 12.5 Å². The van der Waals surface area contributed by atoms with Crippen LogP contribution < -0.4 is 27.4 Å². The van der Waals surface area contributed by atoms with Gasteiger partial charge in [-0.15, -0.1) is 0 Å². The zero-order valence-corrected chi connectivity index (χ0v) is 19.3. The molecule has 0 aliphatic heterocycles. The van der Waals surface area contributed by atoms with Crippen molar-refractivity contribution < 1.29 is 34.2 Å². The minimum absolute atomic E-state index is 0.0542. The van der Waals surface area contributed by atoms with E-state index in [0.29, 0.717) is 25.1 Å². The van der Waals surface area contributed by atoms with E-state index in [9.17, 15) is 29.1 Å². The molecule has 0 saturated carbocycles. The lowest BCUT2D eigenvalue weighted by molar-refractivity contribution is -0.142. The summed E-state index contributed by atoms with van der Waals surface area (Å²) in [5, 5.41) is 25.4. The van der Waals surface area contributed by atoms with Gasteiger partial charge in [-0.2, -0.15) is 12.6 Å². The number of nitrogens with two attached hydrogens (primary N) is 2. The van der Waals surface area contributed by atoms with Gasteiger partial charge in [-0.05, 0) is 25.8 Å². The Balaban J connectivity index is 2.87. The summed E-state index contributed by atoms with van der Waals surface area (Å²) in [6.45, 7) is 0.358. The number of unbranched alkanes of at least 4 members (excludes halogenated alkanes) is 1. The molecule has 1 aromatic rings. The molecule has 0 saturated heterocycles. The Hall–Kier alpha value is -3.17. The summed E-state index contributed by atoms with van der Waals surface area (Å²) in [5.41, 5.74) is 11.5. The van der Waals surface area contributed by atoms with Gasteiger partial charge in [0.25, 0.3) is 0 Å². The summed E-state index contributed by atoms with van der Waals surface area (Å²) in [6, 6.07) is -4.98. The highest BCUT2D eigenvalue weighted by atomic mass is 32.1. The number of hydrogen-bond acceptors (Lipinski definition) is 9. The number of carbonyl (C=O) groups is 5. The normalized spacial score (nSPS) is 14.3. The van der Waals surface area contributed by atoms with Crippen molar-refractivity contribution in [3.63, 3.8) is 0 Å². The standard InChI is InChI=1S/C19H31N7O7S/c20-4-2-1-3-12(17(30)25-13(19(32)33)5-10-7-22-9-23-10)24-18(31)14(8-34)26-16(29)11(21)6-15(27)28/h7,9,11-14,34H,1-6,8,20-21H2,(H,22,23)(H,24,31)(H,25,30)(H,26,29)(H,27,28)(H,32,33). The Morgan fingerprint density at radius 3 is 2.15 bits per heavy atom. The Morgan fingerprint density at radius 2 is 1.62 bits per heavy atom. The fourth-order valence-electron chi connectivity index (χ4n) is 2.88. The van der Waals surface area contributed by atoms with Crippen LogP contribution in [0, 0.1) is 0 Å². The smallest absolute Gasteiger partial charge is 0.326 e. The summed E-state index contributed by atoms with van der Waals surface area (Å²) in [6.07, 6.45) is 3.31. The number of thiol groups is 1. The van der Waals surface area contributed by atoms with E-state index in [-0.39, 0.29) is 18.6 Å². The molecule has 4 atom stereocenters. The molecule has 34 heavy (non-hydrogen) atoms. The van der Waals surface area contributed by atoms with Gasteiger partial charge in [-0.3, -0.25) is 19.2 Å². The molecule has 0 aliphatic carbocycles. The number of nitrogens with zero attached hydrogens (tertiary/aromatic N) is 1. The lowest BCUT2D eigenvalue weighted by Crippen LogP contribution is -2.58. The quantitative estimate of drug-likeness (QED) is 0.0841. The molecule has 1 rings (SSSR count). The second kappa shape index (κ2) is 14.9. The van der Waals surface area contributed by atoms with Gasteiger partial charge in [0.2, 0.25) is 17.7 Å². The maximum absolute atomic E-state index is 12.8. The lowest BCUT2D eigenvalue weighted by Gasteiger charge is -2.24. The average molecular weight is 502 g/mol. The number of carboxylic acid groups (broad SMARTS) is 2. The minimum Gasteiger partial charge on any atom is -0.481 e. The Morgan fingerprint density at radius 1 is 1.00 bits per heavy atom. The Labute approximate surface area is 201 Å². The molecule has 0 aromatic carbocycles. The molecule has 190 valence electrons. The molecule has 0 spiro atoms. The third-order valence-corrected chi connectivity index (χ3v) is 5.09. The zero-order chi connectivity index (χ0) is 25.7. The topological polar surface area (TPSA) is 243 Å². The lowest BCUT2D eigenvalue weighted by atomic mass is 10.1. The molecular weight excluding hydrogens is 470 g/mol. The van der Waals surface area contributed by atoms with E-state index in [2.05, 4.69) is 38.5 Å². The van der Waals surface area contributed by atoms with Crippen LogP contribution in [0.2, 0.25) is 0 Å². The Kier molecular flexibility index (Phi) is 12.6. The number of hydrogen-bond donors (Lipinski definition) is 9. The van der Waals surface area contributed by atoms with Crippen molar-refractivity contribution in [3.8, 4) is 0 Å². The highest BCUT2D eigenvalue weighted by molar-refractivity contribution is 7.80. The van der Waals surface area contributed by atoms with Crippen LogP contribution in [-0.2, 0) is 30.4 Å². The number of aliphatic carboxylic acids is 2. The number of aromatic amines is 1. The summed E-state index contributed by atoms with van der Waals surface area (Å²) in [4.78, 5) is 66.5. The van der Waals surface area contributed by atoms with E-state index in [0.717, 1.165) is 0 Å². The maximum atomic E-state index is 12.8. The number of H-pyrrole nitrogens is 1. The molecule has 0 radical (unpaired) electrons. The molecule has 0 bridgehead atoms. The minimum atomic E-state index is -1.38. The first-order valence-electron chi connectivity index (χ1n) is 10.5. The van der Waals surface area contributed by atoms with E-state index in [1.54, 1.807) is 0 Å². The van der Waals surface area contributed by atoms with Crippen LogP contribution in [0.25, 0.3) is 0 Å². The second-order valence-corrected chi connectivity index (χ2v) is 7.84. The Bertz CT molecular complexity index is 837. The van der Waals surface area contributed by atoms with Crippen LogP contribution in [0.15, 0.2) is 12.5 Å². The number of amides is 3. The van der Waals surface area contributed by atoms with E-state index < -0.39 is 60.2 Å². The molecule has 15 heteroatoms. The van der Waals surface area contributed by atoms with Gasteiger partial charge in [0, 0.05) is 24.1 Å². The number of rotatable bonds is 16. The molecule has 3 amide bonds. The molecule has 4 unspecified atom stereocenters. The monoisotopic (exact) mass is 501 g/mol. The summed E-state index contributed by atoms with van der Waals surface area (Å²) < 4.78 is 0. The van der Waals surface area contributed by atoms with E-state index in [1.807, 2.05) is 0 Å². The number of carboxylic acids is 2. The van der Waals surface area contributed by atoms with Crippen LogP contribution >= 0.6 is 12.6 Å². The fourth-order valence-corrected chi connectivity index (χ4v) is 3.13. The zero-order valence-electron chi connectivity index (χ0n) is 18.4. The van der Waals surface area contributed by atoms with Crippen LogP contribution in [0.1, 0.15) is 31.4 Å². The van der Waals surface area contributed by atoms with E-state index >= 15 is 0 Å². The average Bonchev–Trinajstić information content (AvgIpc) is 3.28. The van der Waals surface area contributed by atoms with Gasteiger partial charge in [0.1, 0.15) is 18.1 Å². The van der Waals surface area contributed by atoms with Gasteiger partial charge in [-0.25, -0.2) is 9.78 Å². The van der Waals surface area contributed by atoms with Gasteiger partial charge in [0.15, 0.2) is 0 Å². The molecular formula is C19H31N7O7S. The van der Waals surface area contributed by atoms with Crippen molar-refractivity contribution >= 4 is 42.3 Å². The van der Waals surface area contributed by atoms with Crippen LogP contribution in [0.3, 0.4) is 0 Å². The molecule has 0 aliphatic rings. The summed E-state index contributed by atoms with van der Waals surface area (Å²) in [7, 11) is 0. The number of aromatic nitrogens is 2. The van der Waals surface area contributed by atoms with Crippen molar-refractivity contribution in [1.29, 1.82) is 0 Å². The highest BCUT2D eigenvalue weighted by Gasteiger charge is 2.30. The number of carbonyl (C=O) groups excluding carboxylic acids is 3. The predicted molar refractivity (Wildman–Crippen MR) is 123 cm³/mol. The van der Waals surface area contributed by atoms with Crippen LogP contribution in [0.4, 0.5) is 0 Å². The highest BCUT2D eigenvalue weighted by Crippen LogP contribution is 2.05. The van der Waals surface area contributed by atoms with Gasteiger partial charge < -0.3 is 42.6 Å². The first kappa shape index (κ1) is 28.9. The molecule has 10 N–H and O–H groups in total. The molecule has 1 heterocycles. The third-order valence-electron chi connectivity index (χ3n) is 4.72. The summed E-state index contributed by atoms with van der Waals surface area (Å²) in [5.74, 6) is -5.08. The van der Waals surface area contributed by atoms with Crippen molar-refractivity contribution in [2.45, 2.75) is 56.3 Å². The first-order valence-corrected chi connectivity index (χ1v) is 11.1. The van der Waals surface area contributed by atoms with Crippen molar-refractivity contribution in [3.05, 3.63) is 18.2 Å². The van der Waals surface area contributed by atoms with Crippen LogP contribution in [0.5, 0.6) is 0 Å². The SMILES string of the molecule is NCCCCC(NC(=O)C(CS)NC(=O)C(N)CC(=O)O)C(=O)NC(Cc1cnc[nH]1)C(=O)O. The van der Waals surface area contributed by atoms with Crippen molar-refractivity contribution in [2.75, 3.05) is 12.3 Å². The first-order chi connectivity index (χ1) is 16.1. The van der Waals surface area contributed by atoms with E-state index in [4.69, 9.17) is 16.6 Å². The second-order valence-electron chi connectivity index (χ2n) is 7.47. The van der Waals surface area contributed by atoms with Crippen LogP contribution in [-0.4, -0.2) is 86.3 Å². The van der Waals surface area contributed by atoms with Gasteiger partial charge >= 0.3 is 11.9 Å². The van der Waals surface area contributed by atoms with Crippen molar-refractivity contribution in [2.24, 2.45) is 11.5 Å². The van der Waals surface area contributed by atoms with Gasteiger partial charge in [-0.1, -0.05) is 0 Å². The maximum Gasteiger partial charge on any atom is 0.326 e. The molecule has 14 nitrogen and oxygen atoms in total. The fraction of sp³-hybridized carbons (Fsp3) is 0.579.